The second-order valence-corrected chi connectivity index (χ2v) is 9.71. The lowest BCUT2D eigenvalue weighted by Crippen LogP contribution is -2.16. The number of halogens is 4. The van der Waals surface area contributed by atoms with Crippen LogP contribution in [-0.4, -0.2) is 26.6 Å². The lowest BCUT2D eigenvalue weighted by molar-refractivity contribution is -0.140. The third-order valence-corrected chi connectivity index (χ3v) is 6.96. The number of nitrogens with two attached hydrogens (primary N) is 1. The number of amides is 2. The van der Waals surface area contributed by atoms with Crippen molar-refractivity contribution in [3.8, 4) is 11.1 Å². The van der Waals surface area contributed by atoms with Crippen molar-refractivity contribution in [3.05, 3.63) is 87.8 Å². The molecule has 0 aliphatic heterocycles. The number of nitrogens with one attached hydrogen (secondary N) is 1. The van der Waals surface area contributed by atoms with E-state index in [-0.39, 0.29) is 44.2 Å². The monoisotopic (exact) mass is 557 g/mol. The zero-order chi connectivity index (χ0) is 28.1. The van der Waals surface area contributed by atoms with Crippen LogP contribution < -0.4 is 11.1 Å². The highest BCUT2D eigenvalue weighted by Gasteiger charge is 2.35. The molecule has 0 bridgehead atoms. The molecule has 0 radical (unpaired) electrons. The van der Waals surface area contributed by atoms with Gasteiger partial charge in [-0.05, 0) is 61.4 Å². The molecule has 200 valence electrons. The smallest absolute Gasteiger partial charge is 0.433 e. The molecule has 0 saturated carbocycles. The minimum absolute atomic E-state index is 0.0176. The predicted molar refractivity (Wildman–Crippen MR) is 136 cm³/mol. The number of thiophene rings is 1. The van der Waals surface area contributed by atoms with Crippen molar-refractivity contribution in [2.45, 2.75) is 26.6 Å². The highest BCUT2D eigenvalue weighted by Crippen LogP contribution is 2.43. The molecule has 0 saturated heterocycles. The predicted octanol–water partition coefficient (Wildman–Crippen LogP) is 5.93. The zero-order valence-corrected chi connectivity index (χ0v) is 21.2. The lowest BCUT2D eigenvalue weighted by Gasteiger charge is -2.12. The van der Waals surface area contributed by atoms with E-state index in [2.05, 4.69) is 15.4 Å². The third-order valence-electron chi connectivity index (χ3n) is 5.86. The number of alkyl halides is 3. The molecule has 3 N–H and O–H groups in total. The Morgan fingerprint density at radius 2 is 1.82 bits per heavy atom. The summed E-state index contributed by atoms with van der Waals surface area (Å²) in [7, 11) is 0. The Morgan fingerprint density at radius 3 is 2.44 bits per heavy atom. The van der Waals surface area contributed by atoms with E-state index < -0.39 is 29.5 Å². The van der Waals surface area contributed by atoms with Crippen molar-refractivity contribution in [3.63, 3.8) is 0 Å². The summed E-state index contributed by atoms with van der Waals surface area (Å²) in [5, 5.41) is 6.96. The van der Waals surface area contributed by atoms with Crippen LogP contribution in [0.3, 0.4) is 0 Å². The average molecular weight is 558 g/mol. The van der Waals surface area contributed by atoms with Gasteiger partial charge in [-0.2, -0.15) is 18.3 Å². The van der Waals surface area contributed by atoms with Crippen LogP contribution in [0.25, 0.3) is 21.3 Å². The summed E-state index contributed by atoms with van der Waals surface area (Å²) >= 11 is 0.606. The standard InChI is InChI=1S/C26H19F4N5O3S/c1-12-9-13(2)35(34-12)11-16-7-8-18(38-16)24(37)33-21-20-17(14-3-5-15(27)6-4-14)10-19(26(28,29)30)32-25(20)39-22(21)23(31)36/h3-10H,11H2,1-2H3,(H2,31,36)(H,33,37). The van der Waals surface area contributed by atoms with E-state index in [1.165, 1.54) is 18.2 Å². The maximum absolute atomic E-state index is 13.7. The van der Waals surface area contributed by atoms with Gasteiger partial charge in [-0.15, -0.1) is 11.3 Å². The van der Waals surface area contributed by atoms with Crippen molar-refractivity contribution in [2.75, 3.05) is 5.32 Å². The first kappa shape index (κ1) is 26.1. The number of pyridine rings is 1. The number of carbonyl (C=O) groups is 2. The number of hydrogen-bond donors (Lipinski definition) is 2. The molecule has 1 aromatic carbocycles. The normalized spacial score (nSPS) is 11.7. The van der Waals surface area contributed by atoms with Crippen molar-refractivity contribution in [1.82, 2.24) is 14.8 Å². The lowest BCUT2D eigenvalue weighted by atomic mass is 10.0. The van der Waals surface area contributed by atoms with Crippen LogP contribution in [0.1, 0.15) is 43.1 Å². The molecule has 4 heterocycles. The fourth-order valence-electron chi connectivity index (χ4n) is 4.14. The van der Waals surface area contributed by atoms with Gasteiger partial charge < -0.3 is 15.5 Å². The maximum Gasteiger partial charge on any atom is 0.433 e. The van der Waals surface area contributed by atoms with Crippen LogP contribution in [0.2, 0.25) is 0 Å². The summed E-state index contributed by atoms with van der Waals surface area (Å²) in [5.74, 6) is -2.01. The first-order valence-corrected chi connectivity index (χ1v) is 12.2. The number of furan rings is 1. The number of primary amides is 1. The fourth-order valence-corrected chi connectivity index (χ4v) is 5.14. The molecule has 13 heteroatoms. The van der Waals surface area contributed by atoms with Gasteiger partial charge in [-0.3, -0.25) is 14.3 Å². The highest BCUT2D eigenvalue weighted by molar-refractivity contribution is 7.21. The topological polar surface area (TPSA) is 116 Å². The van der Waals surface area contributed by atoms with Crippen molar-refractivity contribution < 1.29 is 31.6 Å². The van der Waals surface area contributed by atoms with Gasteiger partial charge in [0, 0.05) is 11.1 Å². The maximum atomic E-state index is 13.7. The molecule has 0 aliphatic carbocycles. The van der Waals surface area contributed by atoms with Gasteiger partial charge in [-0.25, -0.2) is 9.37 Å². The Morgan fingerprint density at radius 1 is 1.10 bits per heavy atom. The number of carbonyl (C=O) groups excluding carboxylic acids is 2. The number of rotatable bonds is 6. The van der Waals surface area contributed by atoms with E-state index in [1.807, 2.05) is 19.9 Å². The third kappa shape index (κ3) is 5.12. The minimum atomic E-state index is -4.81. The molecule has 0 spiro atoms. The van der Waals surface area contributed by atoms with Crippen molar-refractivity contribution >= 4 is 39.1 Å². The minimum Gasteiger partial charge on any atom is -0.454 e. The van der Waals surface area contributed by atoms with E-state index in [9.17, 15) is 27.2 Å². The number of aryl methyl sites for hydroxylation is 2. The second kappa shape index (κ2) is 9.66. The van der Waals surface area contributed by atoms with Gasteiger partial charge in [0.1, 0.15) is 27.0 Å². The van der Waals surface area contributed by atoms with E-state index in [4.69, 9.17) is 10.2 Å². The molecule has 4 aromatic heterocycles. The van der Waals surface area contributed by atoms with Gasteiger partial charge in [0.15, 0.2) is 5.76 Å². The molecular weight excluding hydrogens is 538 g/mol. The molecule has 0 aliphatic rings. The molecular formula is C26H19F4N5O3S. The summed E-state index contributed by atoms with van der Waals surface area (Å²) in [6, 6.07) is 10.4. The first-order valence-electron chi connectivity index (χ1n) is 11.4. The van der Waals surface area contributed by atoms with Crippen LogP contribution >= 0.6 is 11.3 Å². The van der Waals surface area contributed by atoms with E-state index in [1.54, 1.807) is 10.7 Å². The number of benzene rings is 1. The van der Waals surface area contributed by atoms with Crippen LogP contribution in [-0.2, 0) is 12.7 Å². The summed E-state index contributed by atoms with van der Waals surface area (Å²) in [6.45, 7) is 3.99. The van der Waals surface area contributed by atoms with Crippen LogP contribution in [0.15, 0.2) is 52.9 Å². The number of aromatic nitrogens is 3. The van der Waals surface area contributed by atoms with Gasteiger partial charge in [0.2, 0.25) is 0 Å². The SMILES string of the molecule is Cc1cc(C)n(Cc2ccc(C(=O)Nc3c(C(N)=O)sc4nc(C(F)(F)F)cc(-c5ccc(F)cc5)c34)o2)n1. The van der Waals surface area contributed by atoms with E-state index in [0.717, 1.165) is 29.6 Å². The van der Waals surface area contributed by atoms with Crippen LogP contribution in [0, 0.1) is 19.7 Å². The van der Waals surface area contributed by atoms with Crippen LogP contribution in [0.4, 0.5) is 23.2 Å². The first-order chi connectivity index (χ1) is 18.4. The summed E-state index contributed by atoms with van der Waals surface area (Å²) in [5.41, 5.74) is 6.09. The average Bonchev–Trinajstić information content (AvgIpc) is 3.56. The quantitative estimate of drug-likeness (QED) is 0.251. The summed E-state index contributed by atoms with van der Waals surface area (Å²) in [6.07, 6.45) is -4.81. The van der Waals surface area contributed by atoms with Gasteiger partial charge in [0.05, 0.1) is 17.9 Å². The Kier molecular flexibility index (Phi) is 6.46. The molecule has 39 heavy (non-hydrogen) atoms. The van der Waals surface area contributed by atoms with E-state index in [0.29, 0.717) is 17.1 Å². The fraction of sp³-hybridized carbons (Fsp3) is 0.154. The number of hydrogen-bond acceptors (Lipinski definition) is 6. The number of nitrogens with zero attached hydrogens (tertiary/aromatic N) is 3. The Hall–Kier alpha value is -4.52. The molecule has 5 rings (SSSR count). The largest absolute Gasteiger partial charge is 0.454 e. The number of fused-ring (bicyclic) bond motifs is 1. The second-order valence-electron chi connectivity index (χ2n) is 8.72. The molecule has 8 nitrogen and oxygen atoms in total. The highest BCUT2D eigenvalue weighted by atomic mass is 32.1. The van der Waals surface area contributed by atoms with Crippen LogP contribution in [0.5, 0.6) is 0 Å². The molecule has 5 aromatic rings. The summed E-state index contributed by atoms with van der Waals surface area (Å²) < 4.78 is 61.9. The van der Waals surface area contributed by atoms with E-state index >= 15 is 0 Å². The Labute approximate surface area is 222 Å². The number of anilines is 1. The molecule has 0 unspecified atom stereocenters. The molecule has 0 fully saturated rings. The van der Waals surface area contributed by atoms with Gasteiger partial charge >= 0.3 is 6.18 Å². The Balaban J connectivity index is 1.58. The Bertz CT molecular complexity index is 1730. The zero-order valence-electron chi connectivity index (χ0n) is 20.4. The molecule has 0 atom stereocenters. The van der Waals surface area contributed by atoms with Gasteiger partial charge in [0.25, 0.3) is 11.8 Å². The van der Waals surface area contributed by atoms with Crippen molar-refractivity contribution in [2.24, 2.45) is 5.73 Å². The molecule has 2 amide bonds. The summed E-state index contributed by atoms with van der Waals surface area (Å²) in [4.78, 5) is 28.7. The van der Waals surface area contributed by atoms with Crippen molar-refractivity contribution in [1.29, 1.82) is 0 Å². The van der Waals surface area contributed by atoms with Gasteiger partial charge in [-0.1, -0.05) is 12.1 Å².